The third kappa shape index (κ3) is 5.88. The maximum atomic E-state index is 4.99. The van der Waals surface area contributed by atoms with E-state index in [2.05, 4.69) is 10.7 Å². The second kappa shape index (κ2) is 6.12. The van der Waals surface area contributed by atoms with Crippen molar-refractivity contribution in [2.45, 2.75) is 0 Å². The quantitative estimate of drug-likeness (QED) is 0.232. The van der Waals surface area contributed by atoms with Gasteiger partial charge in [0.2, 0.25) is 0 Å². The molecule has 0 rings (SSSR count). The topological polar surface area (TPSA) is 50.1 Å². The highest BCUT2D eigenvalue weighted by Crippen LogP contribution is 1.86. The molecule has 0 aliphatic carbocycles. The molecule has 0 saturated heterocycles. The van der Waals surface area contributed by atoms with Gasteiger partial charge in [-0.2, -0.15) is 11.8 Å². The van der Waals surface area contributed by atoms with Gasteiger partial charge in [-0.3, -0.25) is 0 Å². The Balaban J connectivity index is 2.97. The second-order valence-electron chi connectivity index (χ2n) is 1.39. The summed E-state index contributed by atoms with van der Waals surface area (Å²) in [5.41, 5.74) is 2.33. The van der Waals surface area contributed by atoms with E-state index in [1.165, 1.54) is 0 Å². The summed E-state index contributed by atoms with van der Waals surface area (Å²) < 4.78 is 0. The Kier molecular flexibility index (Phi) is 6.12. The molecule has 54 valence electrons. The van der Waals surface area contributed by atoms with Gasteiger partial charge in [-0.15, -0.1) is 0 Å². The summed E-state index contributed by atoms with van der Waals surface area (Å²) in [6.07, 6.45) is 2.04. The molecule has 0 heterocycles. The van der Waals surface area contributed by atoms with Gasteiger partial charge < -0.3 is 10.7 Å². The van der Waals surface area contributed by atoms with Crippen LogP contribution < -0.4 is 16.6 Å². The molecule has 0 spiro atoms. The molecule has 0 atom stereocenters. The molecular formula is C4H11N3S2. The molecule has 0 fully saturated rings. The van der Waals surface area contributed by atoms with Crippen LogP contribution in [0.25, 0.3) is 0 Å². The maximum absolute atomic E-state index is 4.99. The highest BCUT2D eigenvalue weighted by Gasteiger charge is 1.87. The number of rotatable bonds is 3. The van der Waals surface area contributed by atoms with E-state index in [9.17, 15) is 0 Å². The normalized spacial score (nSPS) is 8.67. The monoisotopic (exact) mass is 165 g/mol. The fourth-order valence-electron chi connectivity index (χ4n) is 0.318. The van der Waals surface area contributed by atoms with E-state index in [4.69, 9.17) is 18.1 Å². The van der Waals surface area contributed by atoms with Crippen LogP contribution in [-0.2, 0) is 0 Å². The third-order valence-electron chi connectivity index (χ3n) is 0.723. The Morgan fingerprint density at radius 2 is 2.44 bits per heavy atom. The minimum Gasteiger partial charge on any atom is -0.361 e. The summed E-state index contributed by atoms with van der Waals surface area (Å²) in [5.74, 6) is 6.04. The predicted octanol–water partition coefficient (Wildman–Crippen LogP) is -0.313. The van der Waals surface area contributed by atoms with Crippen molar-refractivity contribution in [3.8, 4) is 0 Å². The number of nitrogens with one attached hydrogen (secondary N) is 2. The van der Waals surface area contributed by atoms with Crippen LogP contribution in [0.3, 0.4) is 0 Å². The molecule has 0 aliphatic heterocycles. The van der Waals surface area contributed by atoms with E-state index in [-0.39, 0.29) is 0 Å². The number of hydrogen-bond donors (Lipinski definition) is 3. The third-order valence-corrected chi connectivity index (χ3v) is 1.60. The number of nitrogens with two attached hydrogens (primary N) is 1. The van der Waals surface area contributed by atoms with Crippen LogP contribution in [0, 0.1) is 0 Å². The summed E-state index contributed by atoms with van der Waals surface area (Å²) in [7, 11) is 0. The molecule has 0 aromatic rings. The van der Waals surface area contributed by atoms with Crippen LogP contribution in [0.15, 0.2) is 0 Å². The van der Waals surface area contributed by atoms with E-state index in [0.717, 1.165) is 12.3 Å². The summed E-state index contributed by atoms with van der Waals surface area (Å²) in [4.78, 5) is 0. The van der Waals surface area contributed by atoms with Gasteiger partial charge in [0, 0.05) is 12.3 Å². The number of hydrogen-bond acceptors (Lipinski definition) is 3. The van der Waals surface area contributed by atoms with Crippen LogP contribution in [0.5, 0.6) is 0 Å². The lowest BCUT2D eigenvalue weighted by molar-refractivity contribution is 0.907. The molecule has 0 unspecified atom stereocenters. The summed E-state index contributed by atoms with van der Waals surface area (Å²) in [5, 5.41) is 3.41. The van der Waals surface area contributed by atoms with Crippen LogP contribution in [0.4, 0.5) is 0 Å². The first kappa shape index (κ1) is 9.00. The molecule has 0 saturated carbocycles. The summed E-state index contributed by atoms with van der Waals surface area (Å²) in [6.45, 7) is 0.865. The second-order valence-corrected chi connectivity index (χ2v) is 2.79. The van der Waals surface area contributed by atoms with E-state index in [1.807, 2.05) is 6.26 Å². The SMILES string of the molecule is CSCCNC(=S)NN. The van der Waals surface area contributed by atoms with E-state index in [0.29, 0.717) is 5.11 Å². The van der Waals surface area contributed by atoms with Crippen molar-refractivity contribution < 1.29 is 0 Å². The van der Waals surface area contributed by atoms with Crippen molar-refractivity contribution in [2.24, 2.45) is 5.84 Å². The molecule has 0 aromatic heterocycles. The van der Waals surface area contributed by atoms with Crippen LogP contribution in [0.2, 0.25) is 0 Å². The van der Waals surface area contributed by atoms with E-state index < -0.39 is 0 Å². The Morgan fingerprint density at radius 3 is 2.89 bits per heavy atom. The van der Waals surface area contributed by atoms with Gasteiger partial charge in [-0.1, -0.05) is 0 Å². The molecule has 4 N–H and O–H groups in total. The zero-order valence-corrected chi connectivity index (χ0v) is 6.94. The molecular weight excluding hydrogens is 154 g/mol. The van der Waals surface area contributed by atoms with Gasteiger partial charge in [0.15, 0.2) is 5.11 Å². The fourth-order valence-corrected chi connectivity index (χ4v) is 0.726. The van der Waals surface area contributed by atoms with Crippen LogP contribution in [-0.4, -0.2) is 23.7 Å². The van der Waals surface area contributed by atoms with Gasteiger partial charge in [0.25, 0.3) is 0 Å². The first-order valence-corrected chi connectivity index (χ1v) is 4.35. The first-order chi connectivity index (χ1) is 4.31. The Hall–Kier alpha value is -0.0000000000000000486. The Morgan fingerprint density at radius 1 is 1.78 bits per heavy atom. The number of hydrazine groups is 1. The van der Waals surface area contributed by atoms with Gasteiger partial charge in [-0.25, -0.2) is 5.84 Å². The molecule has 5 heteroatoms. The lowest BCUT2D eigenvalue weighted by Gasteiger charge is -2.03. The maximum Gasteiger partial charge on any atom is 0.180 e. The van der Waals surface area contributed by atoms with Crippen molar-refractivity contribution in [2.75, 3.05) is 18.6 Å². The minimum atomic E-state index is 0.504. The highest BCUT2D eigenvalue weighted by molar-refractivity contribution is 7.98. The van der Waals surface area contributed by atoms with Crippen molar-refractivity contribution >= 4 is 29.1 Å². The molecule has 0 aromatic carbocycles. The smallest absolute Gasteiger partial charge is 0.180 e. The van der Waals surface area contributed by atoms with Crippen molar-refractivity contribution in [1.29, 1.82) is 0 Å². The molecule has 0 bridgehead atoms. The van der Waals surface area contributed by atoms with Gasteiger partial charge >= 0.3 is 0 Å². The predicted molar refractivity (Wildman–Crippen MR) is 46.3 cm³/mol. The van der Waals surface area contributed by atoms with Gasteiger partial charge in [-0.05, 0) is 18.5 Å². The lowest BCUT2D eigenvalue weighted by Crippen LogP contribution is -2.40. The largest absolute Gasteiger partial charge is 0.361 e. The van der Waals surface area contributed by atoms with Gasteiger partial charge in [0.05, 0.1) is 0 Å². The average Bonchev–Trinajstić information content (AvgIpc) is 1.89. The molecule has 9 heavy (non-hydrogen) atoms. The van der Waals surface area contributed by atoms with E-state index in [1.54, 1.807) is 11.8 Å². The lowest BCUT2D eigenvalue weighted by atomic mass is 10.7. The van der Waals surface area contributed by atoms with Crippen LogP contribution >= 0.6 is 24.0 Å². The highest BCUT2D eigenvalue weighted by atomic mass is 32.2. The zero-order chi connectivity index (χ0) is 7.11. The first-order valence-electron chi connectivity index (χ1n) is 2.54. The minimum absolute atomic E-state index is 0.504. The van der Waals surface area contributed by atoms with E-state index >= 15 is 0 Å². The zero-order valence-electron chi connectivity index (χ0n) is 5.31. The van der Waals surface area contributed by atoms with Gasteiger partial charge in [0.1, 0.15) is 0 Å². The Labute approximate surface area is 64.7 Å². The summed E-state index contributed by atoms with van der Waals surface area (Å²) in [6, 6.07) is 0. The molecule has 0 aliphatic rings. The fraction of sp³-hybridized carbons (Fsp3) is 0.750. The number of thioether (sulfide) groups is 1. The number of thiocarbonyl (C=S) groups is 1. The van der Waals surface area contributed by atoms with Crippen molar-refractivity contribution in [1.82, 2.24) is 10.7 Å². The van der Waals surface area contributed by atoms with Crippen LogP contribution in [0.1, 0.15) is 0 Å². The summed E-state index contributed by atoms with van der Waals surface area (Å²) >= 11 is 6.48. The molecule has 3 nitrogen and oxygen atoms in total. The van der Waals surface area contributed by atoms with Crippen molar-refractivity contribution in [3.63, 3.8) is 0 Å². The molecule has 0 amide bonds. The van der Waals surface area contributed by atoms with Crippen molar-refractivity contribution in [3.05, 3.63) is 0 Å². The standard InChI is InChI=1S/C4H11N3S2/c1-9-3-2-6-4(8)7-5/h2-3,5H2,1H3,(H2,6,7,8). The Bertz CT molecular complexity index is 85.9. The average molecular weight is 165 g/mol. The molecule has 0 radical (unpaired) electrons.